The highest BCUT2D eigenvalue weighted by Gasteiger charge is 2.28. The van der Waals surface area contributed by atoms with Gasteiger partial charge in [-0.1, -0.05) is 25.5 Å². The summed E-state index contributed by atoms with van der Waals surface area (Å²) < 4.78 is 5.21. The number of unbranched alkanes of at least 4 members (excludes halogenated alkanes) is 1. The van der Waals surface area contributed by atoms with Crippen LogP contribution in [-0.4, -0.2) is 37.3 Å². The number of hydrogen-bond acceptors (Lipinski definition) is 4. The molecule has 0 saturated heterocycles. The molecule has 1 aliphatic rings. The quantitative estimate of drug-likeness (QED) is 0.878. The van der Waals surface area contributed by atoms with Crippen LogP contribution in [-0.2, 0) is 6.42 Å². The molecule has 124 valence electrons. The fraction of sp³-hybridized carbons (Fsp3) is 0.444. The van der Waals surface area contributed by atoms with E-state index in [4.69, 9.17) is 15.5 Å². The zero-order chi connectivity index (χ0) is 16.8. The summed E-state index contributed by atoms with van der Waals surface area (Å²) in [6, 6.07) is 8.08. The lowest BCUT2D eigenvalue weighted by Gasteiger charge is -2.21. The zero-order valence-electron chi connectivity index (χ0n) is 14.5. The molecule has 5 heteroatoms. The number of amidine groups is 2. The first-order valence-corrected chi connectivity index (χ1v) is 8.02. The lowest BCUT2D eigenvalue weighted by Crippen LogP contribution is -2.34. The van der Waals surface area contributed by atoms with E-state index in [1.165, 1.54) is 5.56 Å². The van der Waals surface area contributed by atoms with Crippen LogP contribution in [0.3, 0.4) is 0 Å². The van der Waals surface area contributed by atoms with Crippen LogP contribution in [0.15, 0.2) is 45.6 Å². The summed E-state index contributed by atoms with van der Waals surface area (Å²) in [6.45, 7) is 4.97. The van der Waals surface area contributed by atoms with Gasteiger partial charge in [0.2, 0.25) is 0 Å². The number of nitrogens with zero attached hydrogens (tertiary/aromatic N) is 3. The van der Waals surface area contributed by atoms with Gasteiger partial charge >= 0.3 is 0 Å². The van der Waals surface area contributed by atoms with E-state index >= 15 is 0 Å². The molecule has 1 aromatic carbocycles. The van der Waals surface area contributed by atoms with E-state index in [1.54, 1.807) is 14.2 Å². The normalized spacial score (nSPS) is 18.3. The van der Waals surface area contributed by atoms with Crippen LogP contribution < -0.4 is 10.5 Å². The number of aliphatic imine (C=N–C) groups is 2. The van der Waals surface area contributed by atoms with Crippen molar-refractivity contribution in [1.82, 2.24) is 4.90 Å². The fourth-order valence-corrected chi connectivity index (χ4v) is 2.59. The van der Waals surface area contributed by atoms with Gasteiger partial charge in [0.05, 0.1) is 7.11 Å². The van der Waals surface area contributed by atoms with Crippen molar-refractivity contribution in [3.8, 4) is 5.75 Å². The summed E-state index contributed by atoms with van der Waals surface area (Å²) in [5, 5.41) is 0. The molecule has 5 nitrogen and oxygen atoms in total. The summed E-state index contributed by atoms with van der Waals surface area (Å²) in [7, 11) is 3.47. The second-order valence-corrected chi connectivity index (χ2v) is 5.64. The van der Waals surface area contributed by atoms with Crippen molar-refractivity contribution in [2.75, 3.05) is 20.7 Å². The molecule has 1 aliphatic heterocycles. The molecule has 0 fully saturated rings. The molecule has 0 atom stereocenters. The monoisotopic (exact) mass is 314 g/mol. The first-order valence-electron chi connectivity index (χ1n) is 8.02. The second-order valence-electron chi connectivity index (χ2n) is 5.64. The van der Waals surface area contributed by atoms with E-state index in [0.717, 1.165) is 48.9 Å². The summed E-state index contributed by atoms with van der Waals surface area (Å²) in [4.78, 5) is 11.4. The number of methoxy groups -OCH3 is 1. The van der Waals surface area contributed by atoms with Crippen LogP contribution in [0, 0.1) is 0 Å². The molecule has 0 radical (unpaired) electrons. The van der Waals surface area contributed by atoms with Crippen molar-refractivity contribution in [2.45, 2.75) is 33.1 Å². The average molecular weight is 314 g/mol. The molecular formula is C18H26N4O. The SMILES string of the molecule is CCCCN1C(Cc2ccc(OC)cc2)=NC(=C(/C)N)/C1=N\C. The maximum Gasteiger partial charge on any atom is 0.156 e. The van der Waals surface area contributed by atoms with Gasteiger partial charge in [-0.25, -0.2) is 4.99 Å². The third kappa shape index (κ3) is 3.92. The molecular weight excluding hydrogens is 288 g/mol. The van der Waals surface area contributed by atoms with Gasteiger partial charge in [-0.05, 0) is 31.0 Å². The first-order chi connectivity index (χ1) is 11.1. The number of hydrogen-bond donors (Lipinski definition) is 1. The maximum atomic E-state index is 6.00. The van der Waals surface area contributed by atoms with E-state index in [1.807, 2.05) is 19.1 Å². The summed E-state index contributed by atoms with van der Waals surface area (Å²) in [6.07, 6.45) is 2.98. The van der Waals surface area contributed by atoms with Gasteiger partial charge < -0.3 is 15.4 Å². The van der Waals surface area contributed by atoms with Crippen molar-refractivity contribution in [1.29, 1.82) is 0 Å². The molecule has 1 aromatic rings. The van der Waals surface area contributed by atoms with Crippen LogP contribution in [0.2, 0.25) is 0 Å². The Balaban J connectivity index is 2.28. The third-order valence-electron chi connectivity index (χ3n) is 3.86. The zero-order valence-corrected chi connectivity index (χ0v) is 14.5. The minimum absolute atomic E-state index is 0.705. The second kappa shape index (κ2) is 7.81. The van der Waals surface area contributed by atoms with Gasteiger partial charge in [-0.2, -0.15) is 0 Å². The van der Waals surface area contributed by atoms with Crippen LogP contribution in [0.25, 0.3) is 0 Å². The molecule has 2 N–H and O–H groups in total. The number of ether oxygens (including phenoxy) is 1. The highest BCUT2D eigenvalue weighted by atomic mass is 16.5. The number of nitrogens with two attached hydrogens (primary N) is 1. The Morgan fingerprint density at radius 2 is 2.00 bits per heavy atom. The summed E-state index contributed by atoms with van der Waals surface area (Å²) >= 11 is 0. The lowest BCUT2D eigenvalue weighted by atomic mass is 10.1. The van der Waals surface area contributed by atoms with Crippen molar-refractivity contribution >= 4 is 11.7 Å². The topological polar surface area (TPSA) is 63.2 Å². The van der Waals surface area contributed by atoms with Crippen molar-refractivity contribution in [3.05, 3.63) is 41.2 Å². The lowest BCUT2D eigenvalue weighted by molar-refractivity contribution is 0.414. The molecule has 2 rings (SSSR count). The van der Waals surface area contributed by atoms with Crippen LogP contribution in [0.5, 0.6) is 5.75 Å². The van der Waals surface area contributed by atoms with Gasteiger partial charge in [0.25, 0.3) is 0 Å². The van der Waals surface area contributed by atoms with Gasteiger partial charge in [0, 0.05) is 25.7 Å². The maximum absolute atomic E-state index is 6.00. The van der Waals surface area contributed by atoms with E-state index < -0.39 is 0 Å². The Hall–Kier alpha value is -2.30. The molecule has 0 aliphatic carbocycles. The van der Waals surface area contributed by atoms with Gasteiger partial charge in [-0.3, -0.25) is 4.99 Å². The third-order valence-corrected chi connectivity index (χ3v) is 3.86. The van der Waals surface area contributed by atoms with E-state index in [0.29, 0.717) is 5.70 Å². The smallest absolute Gasteiger partial charge is 0.156 e. The summed E-state index contributed by atoms with van der Waals surface area (Å²) in [5.41, 5.74) is 8.69. The summed E-state index contributed by atoms with van der Waals surface area (Å²) in [5.74, 6) is 2.74. The Kier molecular flexibility index (Phi) is 5.79. The number of benzene rings is 1. The fourth-order valence-electron chi connectivity index (χ4n) is 2.59. The van der Waals surface area contributed by atoms with Crippen LogP contribution in [0.1, 0.15) is 32.3 Å². The number of rotatable bonds is 6. The predicted octanol–water partition coefficient (Wildman–Crippen LogP) is 2.97. The minimum Gasteiger partial charge on any atom is -0.497 e. The predicted molar refractivity (Wildman–Crippen MR) is 96.0 cm³/mol. The Labute approximate surface area is 138 Å². The van der Waals surface area contributed by atoms with Crippen molar-refractivity contribution in [2.24, 2.45) is 15.7 Å². The van der Waals surface area contributed by atoms with Crippen LogP contribution >= 0.6 is 0 Å². The molecule has 0 aromatic heterocycles. The van der Waals surface area contributed by atoms with E-state index in [2.05, 4.69) is 28.9 Å². The van der Waals surface area contributed by atoms with Crippen LogP contribution in [0.4, 0.5) is 0 Å². The molecule has 0 saturated carbocycles. The highest BCUT2D eigenvalue weighted by molar-refractivity contribution is 6.15. The Morgan fingerprint density at radius 1 is 1.30 bits per heavy atom. The van der Waals surface area contributed by atoms with Crippen molar-refractivity contribution < 1.29 is 4.74 Å². The van der Waals surface area contributed by atoms with Gasteiger partial charge in [-0.15, -0.1) is 0 Å². The van der Waals surface area contributed by atoms with E-state index in [-0.39, 0.29) is 0 Å². The Morgan fingerprint density at radius 3 is 2.52 bits per heavy atom. The van der Waals surface area contributed by atoms with E-state index in [9.17, 15) is 0 Å². The molecule has 23 heavy (non-hydrogen) atoms. The van der Waals surface area contributed by atoms with Gasteiger partial charge in [0.1, 0.15) is 17.3 Å². The first kappa shape index (κ1) is 17.1. The van der Waals surface area contributed by atoms with Crippen molar-refractivity contribution in [3.63, 3.8) is 0 Å². The molecule has 0 unspecified atom stereocenters. The molecule has 1 heterocycles. The van der Waals surface area contributed by atoms with Gasteiger partial charge in [0.15, 0.2) is 5.84 Å². The molecule has 0 amide bonds. The largest absolute Gasteiger partial charge is 0.497 e. The molecule has 0 bridgehead atoms. The number of allylic oxidation sites excluding steroid dienone is 1. The standard InChI is InChI=1S/C18H26N4O/c1-5-6-11-22-16(21-17(13(2)19)18(22)20-3)12-14-7-9-15(23-4)10-8-14/h7-10H,5-6,11-12,19H2,1-4H3/b17-13-,20-18+. The molecule has 0 spiro atoms. The minimum atomic E-state index is 0.705. The highest BCUT2D eigenvalue weighted by Crippen LogP contribution is 2.22. The average Bonchev–Trinajstić information content (AvgIpc) is 2.91. The Bertz CT molecular complexity index is 625.